The Labute approximate surface area is 111 Å². The number of ether oxygens (including phenoxy) is 2. The van der Waals surface area contributed by atoms with Crippen molar-refractivity contribution in [1.82, 2.24) is 0 Å². The minimum Gasteiger partial charge on any atom is -0.382 e. The number of hydrogen-bond acceptors (Lipinski definition) is 3. The summed E-state index contributed by atoms with van der Waals surface area (Å²) < 4.78 is 11.5. The van der Waals surface area contributed by atoms with E-state index in [1.165, 1.54) is 38.5 Å². The summed E-state index contributed by atoms with van der Waals surface area (Å²) in [6.45, 7) is 4.55. The molecule has 1 aliphatic carbocycles. The summed E-state index contributed by atoms with van der Waals surface area (Å²) in [7, 11) is 0. The molecule has 0 amide bonds. The molecule has 0 aromatic carbocycles. The zero-order valence-electron chi connectivity index (χ0n) is 11.8. The summed E-state index contributed by atoms with van der Waals surface area (Å²) in [6, 6.07) is 0.291. The molecule has 0 aromatic rings. The fourth-order valence-electron chi connectivity index (χ4n) is 3.58. The molecule has 3 heteroatoms. The molecule has 0 aromatic heterocycles. The van der Waals surface area contributed by atoms with Gasteiger partial charge in [-0.15, -0.1) is 0 Å². The van der Waals surface area contributed by atoms with Gasteiger partial charge in [0.05, 0.1) is 5.60 Å². The van der Waals surface area contributed by atoms with Crippen LogP contribution >= 0.6 is 0 Å². The lowest BCUT2D eigenvalue weighted by molar-refractivity contribution is -0.121. The standard InChI is InChI=1S/C15H29NO2/c1-2-17-10-7-14(16)13-6-11-18-15(12-13)8-4-3-5-9-15/h13-14H,2-12,16H2,1H3. The topological polar surface area (TPSA) is 44.5 Å². The van der Waals surface area contributed by atoms with Crippen molar-refractivity contribution in [1.29, 1.82) is 0 Å². The Morgan fingerprint density at radius 2 is 2.11 bits per heavy atom. The lowest BCUT2D eigenvalue weighted by Gasteiger charge is -2.45. The molecular formula is C15H29NO2. The minimum absolute atomic E-state index is 0.185. The molecule has 1 saturated heterocycles. The minimum atomic E-state index is 0.185. The highest BCUT2D eigenvalue weighted by Gasteiger charge is 2.39. The van der Waals surface area contributed by atoms with Crippen molar-refractivity contribution in [2.45, 2.75) is 69.9 Å². The van der Waals surface area contributed by atoms with E-state index in [1.54, 1.807) is 0 Å². The van der Waals surface area contributed by atoms with Crippen LogP contribution in [0.1, 0.15) is 58.3 Å². The van der Waals surface area contributed by atoms with Crippen molar-refractivity contribution in [3.8, 4) is 0 Å². The first kappa shape index (κ1) is 14.3. The molecule has 106 valence electrons. The van der Waals surface area contributed by atoms with Gasteiger partial charge < -0.3 is 15.2 Å². The largest absolute Gasteiger partial charge is 0.382 e. The molecule has 18 heavy (non-hydrogen) atoms. The molecule has 3 nitrogen and oxygen atoms in total. The van der Waals surface area contributed by atoms with E-state index >= 15 is 0 Å². The van der Waals surface area contributed by atoms with Gasteiger partial charge in [0.25, 0.3) is 0 Å². The first-order chi connectivity index (χ1) is 8.76. The second-order valence-electron chi connectivity index (χ2n) is 5.99. The summed E-state index contributed by atoms with van der Waals surface area (Å²) in [5.74, 6) is 0.636. The Kier molecular flexibility index (Phi) is 5.46. The molecule has 1 heterocycles. The number of nitrogens with two attached hydrogens (primary N) is 1. The first-order valence-corrected chi connectivity index (χ1v) is 7.73. The van der Waals surface area contributed by atoms with Crippen LogP contribution in [0.4, 0.5) is 0 Å². The average Bonchev–Trinajstić information content (AvgIpc) is 2.40. The third-order valence-electron chi connectivity index (χ3n) is 4.70. The lowest BCUT2D eigenvalue weighted by Crippen LogP contribution is -2.46. The molecule has 2 fully saturated rings. The third kappa shape index (κ3) is 3.69. The molecule has 2 atom stereocenters. The van der Waals surface area contributed by atoms with E-state index in [0.29, 0.717) is 12.0 Å². The van der Waals surface area contributed by atoms with Crippen LogP contribution in [0.3, 0.4) is 0 Å². The molecular weight excluding hydrogens is 226 g/mol. The van der Waals surface area contributed by atoms with Gasteiger partial charge in [0.2, 0.25) is 0 Å². The highest BCUT2D eigenvalue weighted by atomic mass is 16.5. The Morgan fingerprint density at radius 3 is 2.83 bits per heavy atom. The maximum Gasteiger partial charge on any atom is 0.0685 e. The molecule has 1 aliphatic heterocycles. The molecule has 0 radical (unpaired) electrons. The zero-order chi connectivity index (χ0) is 12.8. The Hall–Kier alpha value is -0.120. The summed E-state index contributed by atoms with van der Waals surface area (Å²) >= 11 is 0. The van der Waals surface area contributed by atoms with Crippen molar-refractivity contribution in [2.75, 3.05) is 19.8 Å². The van der Waals surface area contributed by atoms with Gasteiger partial charge in [-0.3, -0.25) is 0 Å². The van der Waals surface area contributed by atoms with E-state index in [1.807, 2.05) is 6.92 Å². The molecule has 1 saturated carbocycles. The number of hydrogen-bond donors (Lipinski definition) is 1. The van der Waals surface area contributed by atoms with Gasteiger partial charge in [0.1, 0.15) is 0 Å². The molecule has 2 unspecified atom stereocenters. The Morgan fingerprint density at radius 1 is 1.33 bits per heavy atom. The fourth-order valence-corrected chi connectivity index (χ4v) is 3.58. The van der Waals surface area contributed by atoms with Crippen molar-refractivity contribution < 1.29 is 9.47 Å². The molecule has 1 spiro atoms. The Balaban J connectivity index is 1.81. The van der Waals surface area contributed by atoms with Gasteiger partial charge in [-0.25, -0.2) is 0 Å². The van der Waals surface area contributed by atoms with Crippen molar-refractivity contribution in [2.24, 2.45) is 11.7 Å². The normalized spacial score (nSPS) is 29.3. The van der Waals surface area contributed by atoms with Gasteiger partial charge in [-0.1, -0.05) is 19.3 Å². The SMILES string of the molecule is CCOCCC(N)C1CCOC2(CCCCC2)C1. The van der Waals surface area contributed by atoms with Crippen LogP contribution < -0.4 is 5.73 Å². The lowest BCUT2D eigenvalue weighted by atomic mass is 9.74. The van der Waals surface area contributed by atoms with Crippen LogP contribution in [0.5, 0.6) is 0 Å². The highest BCUT2D eigenvalue weighted by molar-refractivity contribution is 4.92. The second kappa shape index (κ2) is 6.88. The molecule has 2 rings (SSSR count). The van der Waals surface area contributed by atoms with Crippen LogP contribution in [0.25, 0.3) is 0 Å². The van der Waals surface area contributed by atoms with E-state index in [4.69, 9.17) is 15.2 Å². The maximum absolute atomic E-state index is 6.34. The van der Waals surface area contributed by atoms with E-state index in [0.717, 1.165) is 32.7 Å². The van der Waals surface area contributed by atoms with Crippen LogP contribution in [-0.4, -0.2) is 31.5 Å². The monoisotopic (exact) mass is 255 g/mol. The summed E-state index contributed by atoms with van der Waals surface area (Å²) in [6.07, 6.45) is 9.86. The third-order valence-corrected chi connectivity index (χ3v) is 4.70. The van der Waals surface area contributed by atoms with Crippen LogP contribution in [0.2, 0.25) is 0 Å². The van der Waals surface area contributed by atoms with Crippen molar-refractivity contribution >= 4 is 0 Å². The van der Waals surface area contributed by atoms with Gasteiger partial charge in [-0.2, -0.15) is 0 Å². The summed E-state index contributed by atoms with van der Waals surface area (Å²) in [4.78, 5) is 0. The zero-order valence-corrected chi connectivity index (χ0v) is 11.8. The average molecular weight is 255 g/mol. The second-order valence-corrected chi connectivity index (χ2v) is 5.99. The molecule has 2 N–H and O–H groups in total. The van der Waals surface area contributed by atoms with Gasteiger partial charge in [-0.05, 0) is 44.9 Å². The highest BCUT2D eigenvalue weighted by Crippen LogP contribution is 2.41. The van der Waals surface area contributed by atoms with E-state index in [-0.39, 0.29) is 5.60 Å². The first-order valence-electron chi connectivity index (χ1n) is 7.73. The fraction of sp³-hybridized carbons (Fsp3) is 1.00. The predicted molar refractivity (Wildman–Crippen MR) is 73.6 cm³/mol. The van der Waals surface area contributed by atoms with Crippen molar-refractivity contribution in [3.63, 3.8) is 0 Å². The van der Waals surface area contributed by atoms with Crippen LogP contribution in [0, 0.1) is 5.92 Å². The predicted octanol–water partition coefficient (Wildman–Crippen LogP) is 2.87. The molecule has 2 aliphatic rings. The van der Waals surface area contributed by atoms with Crippen LogP contribution in [0.15, 0.2) is 0 Å². The maximum atomic E-state index is 6.34. The smallest absolute Gasteiger partial charge is 0.0685 e. The van der Waals surface area contributed by atoms with E-state index in [2.05, 4.69) is 0 Å². The van der Waals surface area contributed by atoms with Gasteiger partial charge in [0, 0.05) is 25.9 Å². The molecule has 0 bridgehead atoms. The Bertz CT molecular complexity index is 233. The number of rotatable bonds is 5. The summed E-state index contributed by atoms with van der Waals surface area (Å²) in [5.41, 5.74) is 6.53. The van der Waals surface area contributed by atoms with Gasteiger partial charge in [0.15, 0.2) is 0 Å². The van der Waals surface area contributed by atoms with E-state index < -0.39 is 0 Å². The quantitative estimate of drug-likeness (QED) is 0.768. The van der Waals surface area contributed by atoms with E-state index in [9.17, 15) is 0 Å². The van der Waals surface area contributed by atoms with Crippen LogP contribution in [-0.2, 0) is 9.47 Å². The van der Waals surface area contributed by atoms with Crippen molar-refractivity contribution in [3.05, 3.63) is 0 Å². The summed E-state index contributed by atoms with van der Waals surface area (Å²) in [5, 5.41) is 0. The van der Waals surface area contributed by atoms with Gasteiger partial charge >= 0.3 is 0 Å².